The highest BCUT2D eigenvalue weighted by molar-refractivity contribution is 7.90. The number of carbonyl (C=O) groups is 2. The van der Waals surface area contributed by atoms with E-state index < -0.39 is 27.8 Å². The highest BCUT2D eigenvalue weighted by Gasteiger charge is 2.25. The van der Waals surface area contributed by atoms with Crippen molar-refractivity contribution in [3.05, 3.63) is 101 Å². The average Bonchev–Trinajstić information content (AvgIpc) is 3.14. The van der Waals surface area contributed by atoms with Crippen LogP contribution >= 0.6 is 0 Å². The summed E-state index contributed by atoms with van der Waals surface area (Å²) in [6.07, 6.45) is 0.0902. The van der Waals surface area contributed by atoms with Crippen LogP contribution in [0.5, 0.6) is 0 Å². The van der Waals surface area contributed by atoms with Crippen LogP contribution in [0.15, 0.2) is 83.8 Å². The molecular weight excluding hydrogens is 499 g/mol. The van der Waals surface area contributed by atoms with E-state index >= 15 is 0 Å². The highest BCUT2D eigenvalue weighted by atomic mass is 32.2. The molecule has 1 aliphatic heterocycles. The first-order chi connectivity index (χ1) is 17.8. The number of amides is 2. The van der Waals surface area contributed by atoms with E-state index in [4.69, 9.17) is 9.47 Å². The van der Waals surface area contributed by atoms with Crippen LogP contribution < -0.4 is 4.72 Å². The number of benzene rings is 3. The van der Waals surface area contributed by atoms with E-state index in [1.54, 1.807) is 17.0 Å². The molecule has 1 aliphatic rings. The molecule has 0 aromatic heterocycles. The summed E-state index contributed by atoms with van der Waals surface area (Å²) in [6.45, 7) is 1.83. The maximum atomic E-state index is 13.1. The summed E-state index contributed by atoms with van der Waals surface area (Å²) in [5.74, 6) is -1.43. The number of halogens is 1. The lowest BCUT2D eigenvalue weighted by atomic mass is 9.98. The van der Waals surface area contributed by atoms with Gasteiger partial charge < -0.3 is 14.4 Å². The number of carbonyl (C=O) groups excluding carboxylic acids is 2. The molecule has 0 bridgehead atoms. The normalized spacial score (nSPS) is 16.0. The standard InChI is InChI=1S/C27H27FN2O6S/c28-24-9-11-25(12-10-24)37(33,34)29-26(31)23-8-4-7-21(16-23)15-22-17-30(13-14-35-18-22)27(32)36-19-20-5-2-1-3-6-20/h1-12,16,22H,13-15,17-19H2,(H,29,31)/t22-/m0/s1. The summed E-state index contributed by atoms with van der Waals surface area (Å²) >= 11 is 0. The summed E-state index contributed by atoms with van der Waals surface area (Å²) in [4.78, 5) is 26.7. The smallest absolute Gasteiger partial charge is 0.410 e. The van der Waals surface area contributed by atoms with E-state index in [-0.39, 0.29) is 23.0 Å². The minimum absolute atomic E-state index is 0.0481. The summed E-state index contributed by atoms with van der Waals surface area (Å²) < 4.78 is 51.3. The average molecular weight is 527 g/mol. The molecule has 0 unspecified atom stereocenters. The first-order valence-electron chi connectivity index (χ1n) is 11.8. The number of nitrogens with one attached hydrogen (secondary N) is 1. The monoisotopic (exact) mass is 526 g/mol. The van der Waals surface area contributed by atoms with Gasteiger partial charge in [0.15, 0.2) is 0 Å². The number of ether oxygens (including phenoxy) is 2. The molecule has 1 saturated heterocycles. The van der Waals surface area contributed by atoms with Gasteiger partial charge in [-0.2, -0.15) is 0 Å². The molecule has 1 N–H and O–H groups in total. The van der Waals surface area contributed by atoms with Gasteiger partial charge in [-0.15, -0.1) is 0 Å². The van der Waals surface area contributed by atoms with Gasteiger partial charge in [0.05, 0.1) is 18.1 Å². The van der Waals surface area contributed by atoms with Crippen molar-refractivity contribution in [3.63, 3.8) is 0 Å². The fourth-order valence-corrected chi connectivity index (χ4v) is 4.98. The highest BCUT2D eigenvalue weighted by Crippen LogP contribution is 2.17. The first kappa shape index (κ1) is 26.3. The van der Waals surface area contributed by atoms with Crippen LogP contribution in [0.3, 0.4) is 0 Å². The maximum absolute atomic E-state index is 13.1. The Morgan fingerprint density at radius 3 is 2.49 bits per heavy atom. The topological polar surface area (TPSA) is 102 Å². The van der Waals surface area contributed by atoms with Gasteiger partial charge in [-0.1, -0.05) is 42.5 Å². The molecule has 0 saturated carbocycles. The number of nitrogens with zero attached hydrogens (tertiary/aromatic N) is 1. The van der Waals surface area contributed by atoms with E-state index in [9.17, 15) is 22.4 Å². The van der Waals surface area contributed by atoms with Crippen molar-refractivity contribution < 1.29 is 31.9 Å². The van der Waals surface area contributed by atoms with Gasteiger partial charge in [-0.3, -0.25) is 4.79 Å². The zero-order valence-corrected chi connectivity index (χ0v) is 20.8. The first-order valence-corrected chi connectivity index (χ1v) is 13.2. The Morgan fingerprint density at radius 2 is 1.73 bits per heavy atom. The van der Waals surface area contributed by atoms with Crippen molar-refractivity contribution in [1.82, 2.24) is 9.62 Å². The summed E-state index contributed by atoms with van der Waals surface area (Å²) in [5.41, 5.74) is 1.85. The van der Waals surface area contributed by atoms with E-state index in [1.165, 1.54) is 6.07 Å². The lowest BCUT2D eigenvalue weighted by molar-refractivity contribution is 0.0914. The van der Waals surface area contributed by atoms with Gasteiger partial charge in [0.1, 0.15) is 12.4 Å². The minimum atomic E-state index is -4.16. The molecule has 0 spiro atoms. The van der Waals surface area contributed by atoms with Crippen LogP contribution in [-0.4, -0.2) is 51.6 Å². The lowest BCUT2D eigenvalue weighted by Gasteiger charge is -2.23. The van der Waals surface area contributed by atoms with Crippen LogP contribution in [0.1, 0.15) is 21.5 Å². The van der Waals surface area contributed by atoms with Gasteiger partial charge >= 0.3 is 6.09 Å². The van der Waals surface area contributed by atoms with Gasteiger partial charge in [0.25, 0.3) is 15.9 Å². The molecule has 1 atom stereocenters. The Bertz CT molecular complexity index is 1330. The van der Waals surface area contributed by atoms with Crippen molar-refractivity contribution in [1.29, 1.82) is 0 Å². The third kappa shape index (κ3) is 7.37. The van der Waals surface area contributed by atoms with Crippen molar-refractivity contribution in [2.75, 3.05) is 26.3 Å². The second kappa shape index (κ2) is 12.0. The van der Waals surface area contributed by atoms with E-state index in [0.29, 0.717) is 32.7 Å². The van der Waals surface area contributed by atoms with Gasteiger partial charge in [0.2, 0.25) is 0 Å². The minimum Gasteiger partial charge on any atom is -0.445 e. The molecular formula is C27H27FN2O6S. The molecule has 0 aliphatic carbocycles. The van der Waals surface area contributed by atoms with Crippen LogP contribution in [0.25, 0.3) is 0 Å². The molecule has 1 fully saturated rings. The fraction of sp³-hybridized carbons (Fsp3) is 0.259. The Balaban J connectivity index is 1.37. The SMILES string of the molecule is O=C(NS(=O)(=O)c1ccc(F)cc1)c1cccc(C[C@@H]2COCCN(C(=O)OCc3ccccc3)C2)c1. The third-order valence-electron chi connectivity index (χ3n) is 5.87. The zero-order chi connectivity index (χ0) is 26.3. The molecule has 194 valence electrons. The second-order valence-corrected chi connectivity index (χ2v) is 10.4. The summed E-state index contributed by atoms with van der Waals surface area (Å²) in [6, 6.07) is 20.2. The van der Waals surface area contributed by atoms with Crippen molar-refractivity contribution in [3.8, 4) is 0 Å². The molecule has 3 aromatic carbocycles. The number of hydrogen-bond donors (Lipinski definition) is 1. The molecule has 37 heavy (non-hydrogen) atoms. The predicted octanol–water partition coefficient (Wildman–Crippen LogP) is 3.77. The van der Waals surface area contributed by atoms with Gasteiger partial charge in [0, 0.05) is 24.6 Å². The Hall–Kier alpha value is -3.76. The Morgan fingerprint density at radius 1 is 1.00 bits per heavy atom. The second-order valence-electron chi connectivity index (χ2n) is 8.72. The van der Waals surface area contributed by atoms with Gasteiger partial charge in [-0.25, -0.2) is 22.3 Å². The quantitative estimate of drug-likeness (QED) is 0.503. The molecule has 4 rings (SSSR count). The molecule has 2 amide bonds. The third-order valence-corrected chi connectivity index (χ3v) is 7.21. The van der Waals surface area contributed by atoms with Crippen molar-refractivity contribution in [2.24, 2.45) is 5.92 Å². The van der Waals surface area contributed by atoms with Crippen LogP contribution in [0.2, 0.25) is 0 Å². The molecule has 1 heterocycles. The van der Waals surface area contributed by atoms with E-state index in [0.717, 1.165) is 35.4 Å². The molecule has 3 aromatic rings. The number of rotatable bonds is 7. The maximum Gasteiger partial charge on any atom is 0.410 e. The van der Waals surface area contributed by atoms with E-state index in [1.807, 2.05) is 41.1 Å². The van der Waals surface area contributed by atoms with Gasteiger partial charge in [-0.05, 0) is 53.9 Å². The van der Waals surface area contributed by atoms with Crippen LogP contribution in [-0.2, 0) is 32.5 Å². The number of hydrogen-bond acceptors (Lipinski definition) is 6. The van der Waals surface area contributed by atoms with Crippen molar-refractivity contribution in [2.45, 2.75) is 17.9 Å². The zero-order valence-electron chi connectivity index (χ0n) is 20.0. The van der Waals surface area contributed by atoms with Crippen molar-refractivity contribution >= 4 is 22.0 Å². The van der Waals surface area contributed by atoms with Crippen LogP contribution in [0.4, 0.5) is 9.18 Å². The molecule has 0 radical (unpaired) electrons. The summed E-state index contributed by atoms with van der Waals surface area (Å²) in [7, 11) is -4.16. The molecule has 10 heteroatoms. The Kier molecular flexibility index (Phi) is 8.52. The van der Waals surface area contributed by atoms with E-state index in [2.05, 4.69) is 0 Å². The summed E-state index contributed by atoms with van der Waals surface area (Å²) in [5, 5.41) is 0. The Labute approximate surface area is 215 Å². The van der Waals surface area contributed by atoms with Crippen LogP contribution in [0, 0.1) is 11.7 Å². The predicted molar refractivity (Wildman–Crippen MR) is 134 cm³/mol. The number of sulfonamides is 1. The molecule has 8 nitrogen and oxygen atoms in total. The lowest BCUT2D eigenvalue weighted by Crippen LogP contribution is -2.36. The fourth-order valence-electron chi connectivity index (χ4n) is 4.01. The largest absolute Gasteiger partial charge is 0.445 e.